The Morgan fingerprint density at radius 3 is 2.54 bits per heavy atom. The zero-order valence-electron chi connectivity index (χ0n) is 14.0. The van der Waals surface area contributed by atoms with Crippen molar-refractivity contribution in [2.24, 2.45) is 0 Å². The van der Waals surface area contributed by atoms with Crippen LogP contribution in [-0.2, 0) is 6.42 Å². The summed E-state index contributed by atoms with van der Waals surface area (Å²) in [5.41, 5.74) is 0.751. The summed E-state index contributed by atoms with van der Waals surface area (Å²) < 4.78 is 1.52. The van der Waals surface area contributed by atoms with E-state index in [9.17, 15) is 9.59 Å². The van der Waals surface area contributed by atoms with E-state index in [1.807, 2.05) is 6.07 Å². The third-order valence-electron chi connectivity index (χ3n) is 4.01. The molecule has 2 aromatic heterocycles. The van der Waals surface area contributed by atoms with E-state index in [-0.39, 0.29) is 22.6 Å². The van der Waals surface area contributed by atoms with Crippen LogP contribution in [0.15, 0.2) is 52.1 Å². The Morgan fingerprint density at radius 2 is 1.79 bits per heavy atom. The SMILES string of the molecule is O=c1nc2s/c(=C/c3ccc(Cl)c(Cl)c3)c(=O)n2nc1Cc1ccccc1Cl. The van der Waals surface area contributed by atoms with E-state index in [1.165, 1.54) is 0 Å². The van der Waals surface area contributed by atoms with Gasteiger partial charge in [0, 0.05) is 11.4 Å². The second kappa shape index (κ2) is 7.64. The number of rotatable bonds is 3. The molecule has 5 nitrogen and oxygen atoms in total. The minimum Gasteiger partial charge on any atom is -0.266 e. The summed E-state index contributed by atoms with van der Waals surface area (Å²) in [6.45, 7) is 0. The van der Waals surface area contributed by atoms with E-state index in [2.05, 4.69) is 10.1 Å². The molecule has 4 aromatic rings. The van der Waals surface area contributed by atoms with E-state index < -0.39 is 5.56 Å². The number of nitrogens with zero attached hydrogens (tertiary/aromatic N) is 3. The lowest BCUT2D eigenvalue weighted by atomic mass is 10.1. The summed E-state index contributed by atoms with van der Waals surface area (Å²) in [6.07, 6.45) is 1.85. The van der Waals surface area contributed by atoms with Crippen LogP contribution in [0, 0.1) is 0 Å². The normalized spacial score (nSPS) is 12.0. The Morgan fingerprint density at radius 1 is 1.00 bits per heavy atom. The van der Waals surface area contributed by atoms with E-state index in [0.29, 0.717) is 25.2 Å². The van der Waals surface area contributed by atoms with Crippen molar-refractivity contribution < 1.29 is 0 Å². The van der Waals surface area contributed by atoms with Crippen LogP contribution >= 0.6 is 46.1 Å². The standard InChI is InChI=1S/C19H10Cl3N3O2S/c20-12-4-2-1-3-11(12)9-15-17(26)23-19-25(24-15)18(27)16(28-19)8-10-5-6-13(21)14(22)7-10/h1-8H,9H2/b16-8+. The lowest BCUT2D eigenvalue weighted by molar-refractivity contribution is 0.811. The lowest BCUT2D eigenvalue weighted by Crippen LogP contribution is -2.28. The second-order valence-electron chi connectivity index (χ2n) is 5.92. The molecule has 140 valence electrons. The molecule has 0 bridgehead atoms. The minimum atomic E-state index is -0.484. The molecule has 0 aliphatic carbocycles. The molecule has 2 aromatic carbocycles. The summed E-state index contributed by atoms with van der Waals surface area (Å²) in [6, 6.07) is 12.2. The van der Waals surface area contributed by atoms with Gasteiger partial charge in [-0.15, -0.1) is 0 Å². The van der Waals surface area contributed by atoms with Gasteiger partial charge >= 0.3 is 0 Å². The van der Waals surface area contributed by atoms with Gasteiger partial charge < -0.3 is 0 Å². The molecule has 0 aliphatic heterocycles. The topological polar surface area (TPSA) is 64.3 Å². The van der Waals surface area contributed by atoms with Crippen molar-refractivity contribution >= 4 is 57.2 Å². The first kappa shape index (κ1) is 19.1. The minimum absolute atomic E-state index is 0.154. The highest BCUT2D eigenvalue weighted by Gasteiger charge is 2.13. The second-order valence-corrected chi connectivity index (χ2v) is 8.15. The molecule has 9 heteroatoms. The van der Waals surface area contributed by atoms with Crippen LogP contribution in [0.1, 0.15) is 16.8 Å². The van der Waals surface area contributed by atoms with Crippen LogP contribution < -0.4 is 15.7 Å². The number of thiazole rings is 1. The smallest absolute Gasteiger partial charge is 0.266 e. The summed E-state index contributed by atoms with van der Waals surface area (Å²) in [5.74, 6) is 0. The Hall–Kier alpha value is -2.25. The molecular formula is C19H10Cl3N3O2S. The Balaban J connectivity index is 1.82. The third kappa shape index (κ3) is 3.69. The number of hydrogen-bond acceptors (Lipinski definition) is 5. The van der Waals surface area contributed by atoms with E-state index >= 15 is 0 Å². The Labute approximate surface area is 177 Å². The Kier molecular flexibility index (Phi) is 5.21. The van der Waals surface area contributed by atoms with E-state index in [4.69, 9.17) is 34.8 Å². The van der Waals surface area contributed by atoms with Crippen molar-refractivity contribution in [2.75, 3.05) is 0 Å². The van der Waals surface area contributed by atoms with Crippen LogP contribution in [0.5, 0.6) is 0 Å². The zero-order chi connectivity index (χ0) is 19.8. The number of aromatic nitrogens is 3. The van der Waals surface area contributed by atoms with Crippen molar-refractivity contribution in [3.05, 3.63) is 99.6 Å². The maximum Gasteiger partial charge on any atom is 0.296 e. The van der Waals surface area contributed by atoms with Crippen LogP contribution in [-0.4, -0.2) is 14.6 Å². The molecule has 0 atom stereocenters. The summed E-state index contributed by atoms with van der Waals surface area (Å²) in [5, 5.41) is 5.55. The third-order valence-corrected chi connectivity index (χ3v) is 6.07. The highest BCUT2D eigenvalue weighted by atomic mass is 35.5. The molecule has 0 N–H and O–H groups in total. The number of fused-ring (bicyclic) bond motifs is 1. The van der Waals surface area contributed by atoms with E-state index in [0.717, 1.165) is 21.4 Å². The average molecular weight is 451 g/mol. The summed E-state index contributed by atoms with van der Waals surface area (Å²) in [4.78, 5) is 29.3. The molecule has 2 heterocycles. The number of benzene rings is 2. The monoisotopic (exact) mass is 449 g/mol. The maximum atomic E-state index is 12.7. The van der Waals surface area contributed by atoms with Gasteiger partial charge in [-0.1, -0.05) is 70.4 Å². The molecule has 0 saturated heterocycles. The van der Waals surface area contributed by atoms with Gasteiger partial charge in [-0.25, -0.2) is 0 Å². The molecule has 0 spiro atoms. The van der Waals surface area contributed by atoms with Gasteiger partial charge in [-0.05, 0) is 35.4 Å². The summed E-state index contributed by atoms with van der Waals surface area (Å²) >= 11 is 19.2. The molecule has 0 unspecified atom stereocenters. The predicted molar refractivity (Wildman–Crippen MR) is 113 cm³/mol. The van der Waals surface area contributed by atoms with Gasteiger partial charge in [-0.3, -0.25) is 9.59 Å². The van der Waals surface area contributed by atoms with Gasteiger partial charge in [0.25, 0.3) is 11.1 Å². The summed E-state index contributed by atoms with van der Waals surface area (Å²) in [7, 11) is 0. The van der Waals surface area contributed by atoms with Gasteiger partial charge in [0.1, 0.15) is 5.69 Å². The molecule has 0 saturated carbocycles. The molecule has 0 aliphatic rings. The average Bonchev–Trinajstić information content (AvgIpc) is 2.95. The van der Waals surface area contributed by atoms with Crippen molar-refractivity contribution in [3.63, 3.8) is 0 Å². The molecule has 0 radical (unpaired) electrons. The van der Waals surface area contributed by atoms with Crippen molar-refractivity contribution in [1.82, 2.24) is 14.6 Å². The van der Waals surface area contributed by atoms with Gasteiger partial charge in [-0.2, -0.15) is 14.6 Å². The maximum absolute atomic E-state index is 12.7. The van der Waals surface area contributed by atoms with Gasteiger partial charge in [0.2, 0.25) is 4.96 Å². The largest absolute Gasteiger partial charge is 0.296 e. The van der Waals surface area contributed by atoms with Gasteiger partial charge in [0.15, 0.2) is 0 Å². The molecular weight excluding hydrogens is 441 g/mol. The van der Waals surface area contributed by atoms with Crippen molar-refractivity contribution in [1.29, 1.82) is 0 Å². The van der Waals surface area contributed by atoms with Crippen molar-refractivity contribution in [2.45, 2.75) is 6.42 Å². The number of hydrogen-bond donors (Lipinski definition) is 0. The fourth-order valence-corrected chi connectivity index (χ4v) is 4.04. The van der Waals surface area contributed by atoms with Crippen LogP contribution in [0.2, 0.25) is 15.1 Å². The highest BCUT2D eigenvalue weighted by molar-refractivity contribution is 7.15. The van der Waals surface area contributed by atoms with Crippen molar-refractivity contribution in [3.8, 4) is 0 Å². The van der Waals surface area contributed by atoms with Gasteiger partial charge in [0.05, 0.1) is 14.6 Å². The lowest BCUT2D eigenvalue weighted by Gasteiger charge is -2.02. The fraction of sp³-hybridized carbons (Fsp3) is 0.0526. The quantitative estimate of drug-likeness (QED) is 0.478. The molecule has 4 rings (SSSR count). The van der Waals surface area contributed by atoms with Crippen LogP contribution in [0.3, 0.4) is 0 Å². The first-order valence-corrected chi connectivity index (χ1v) is 10.0. The molecule has 0 amide bonds. The fourth-order valence-electron chi connectivity index (χ4n) is 2.63. The number of halogens is 3. The first-order chi connectivity index (χ1) is 13.4. The predicted octanol–water partition coefficient (Wildman–Crippen LogP) is 3.61. The van der Waals surface area contributed by atoms with Crippen LogP contribution in [0.4, 0.5) is 0 Å². The van der Waals surface area contributed by atoms with E-state index in [1.54, 1.807) is 42.5 Å². The first-order valence-electron chi connectivity index (χ1n) is 8.05. The molecule has 28 heavy (non-hydrogen) atoms. The van der Waals surface area contributed by atoms with Crippen LogP contribution in [0.25, 0.3) is 11.0 Å². The molecule has 0 fully saturated rings. The zero-order valence-corrected chi connectivity index (χ0v) is 17.1. The highest BCUT2D eigenvalue weighted by Crippen LogP contribution is 2.22. The Bertz CT molecular complexity index is 1380.